The molecule has 0 unspecified atom stereocenters. The molecule has 0 saturated carbocycles. The molecule has 1 aliphatic heterocycles. The molecule has 5 nitrogen and oxygen atoms in total. The molecule has 0 saturated heterocycles. The molecule has 14 heavy (non-hydrogen) atoms. The fraction of sp³-hybridized carbons (Fsp3) is 0.556. The number of carboxylic acids is 1. The minimum absolute atomic E-state index is 0.140. The summed E-state index contributed by atoms with van der Waals surface area (Å²) in [6.45, 7) is 2.28. The summed E-state index contributed by atoms with van der Waals surface area (Å²) in [5.41, 5.74) is 2.38. The van der Waals surface area contributed by atoms with Crippen molar-refractivity contribution in [1.82, 2.24) is 15.1 Å². The Morgan fingerprint density at radius 1 is 1.71 bits per heavy atom. The smallest absolute Gasteiger partial charge is 0.305 e. The van der Waals surface area contributed by atoms with Crippen LogP contribution in [0.25, 0.3) is 0 Å². The molecule has 2 heterocycles. The van der Waals surface area contributed by atoms with Crippen molar-refractivity contribution in [3.8, 4) is 0 Å². The van der Waals surface area contributed by atoms with Gasteiger partial charge < -0.3 is 10.4 Å². The summed E-state index contributed by atoms with van der Waals surface area (Å²) >= 11 is 0. The monoisotopic (exact) mass is 195 g/mol. The van der Waals surface area contributed by atoms with Crippen LogP contribution in [0.1, 0.15) is 17.7 Å². The summed E-state index contributed by atoms with van der Waals surface area (Å²) < 4.78 is 1.81. The molecule has 0 bridgehead atoms. The van der Waals surface area contributed by atoms with Gasteiger partial charge in [-0.05, 0) is 0 Å². The van der Waals surface area contributed by atoms with Crippen molar-refractivity contribution >= 4 is 5.97 Å². The number of fused-ring (bicyclic) bond motifs is 1. The number of nitrogens with one attached hydrogen (secondary N) is 1. The van der Waals surface area contributed by atoms with Crippen LogP contribution in [0.4, 0.5) is 0 Å². The molecule has 2 N–H and O–H groups in total. The number of hydrogen-bond donors (Lipinski definition) is 2. The van der Waals surface area contributed by atoms with E-state index in [1.165, 1.54) is 11.3 Å². The summed E-state index contributed by atoms with van der Waals surface area (Å²) in [5.74, 6) is -0.775. The Morgan fingerprint density at radius 3 is 3.36 bits per heavy atom. The molecular formula is C9H13N3O2. The van der Waals surface area contributed by atoms with Crippen LogP contribution in [0.3, 0.4) is 0 Å². The van der Waals surface area contributed by atoms with Gasteiger partial charge in [0, 0.05) is 30.8 Å². The molecular weight excluding hydrogens is 182 g/mol. The van der Waals surface area contributed by atoms with Crippen LogP contribution >= 0.6 is 0 Å². The van der Waals surface area contributed by atoms with Crippen molar-refractivity contribution in [3.05, 3.63) is 17.5 Å². The highest BCUT2D eigenvalue weighted by Gasteiger charge is 2.14. The first-order chi connectivity index (χ1) is 6.77. The summed E-state index contributed by atoms with van der Waals surface area (Å²) in [4.78, 5) is 10.4. The van der Waals surface area contributed by atoms with Crippen LogP contribution in [-0.2, 0) is 24.3 Å². The SMILES string of the molecule is O=C(O)CCn1ncc2c1CCNC2. The van der Waals surface area contributed by atoms with Crippen molar-refractivity contribution in [1.29, 1.82) is 0 Å². The summed E-state index contributed by atoms with van der Waals surface area (Å²) in [6, 6.07) is 0. The number of nitrogens with zero attached hydrogens (tertiary/aromatic N) is 2. The first-order valence-electron chi connectivity index (χ1n) is 4.73. The second-order valence-electron chi connectivity index (χ2n) is 3.41. The number of carbonyl (C=O) groups is 1. The molecule has 0 aromatic carbocycles. The molecule has 0 radical (unpaired) electrons. The normalized spacial score (nSPS) is 15.1. The zero-order chi connectivity index (χ0) is 9.97. The van der Waals surface area contributed by atoms with Crippen molar-refractivity contribution in [2.24, 2.45) is 0 Å². The van der Waals surface area contributed by atoms with E-state index in [2.05, 4.69) is 10.4 Å². The zero-order valence-corrected chi connectivity index (χ0v) is 7.86. The van der Waals surface area contributed by atoms with Crippen LogP contribution < -0.4 is 5.32 Å². The maximum absolute atomic E-state index is 10.4. The Labute approximate surface area is 81.7 Å². The van der Waals surface area contributed by atoms with Gasteiger partial charge in [0.2, 0.25) is 0 Å². The lowest BCUT2D eigenvalue weighted by molar-refractivity contribution is -0.137. The van der Waals surface area contributed by atoms with Gasteiger partial charge in [-0.1, -0.05) is 0 Å². The molecule has 5 heteroatoms. The molecule has 2 rings (SSSR count). The molecule has 0 aliphatic carbocycles. The van der Waals surface area contributed by atoms with Crippen molar-refractivity contribution < 1.29 is 9.90 Å². The third kappa shape index (κ3) is 1.77. The maximum atomic E-state index is 10.4. The summed E-state index contributed by atoms with van der Waals surface area (Å²) in [6.07, 6.45) is 2.90. The quantitative estimate of drug-likeness (QED) is 0.712. The van der Waals surface area contributed by atoms with E-state index in [1.807, 2.05) is 10.9 Å². The highest BCUT2D eigenvalue weighted by molar-refractivity contribution is 5.66. The fourth-order valence-electron chi connectivity index (χ4n) is 1.71. The lowest BCUT2D eigenvalue weighted by Gasteiger charge is -2.14. The summed E-state index contributed by atoms with van der Waals surface area (Å²) in [7, 11) is 0. The van der Waals surface area contributed by atoms with E-state index >= 15 is 0 Å². The van der Waals surface area contributed by atoms with Gasteiger partial charge in [0.05, 0.1) is 19.2 Å². The Morgan fingerprint density at radius 2 is 2.57 bits per heavy atom. The van der Waals surface area contributed by atoms with Gasteiger partial charge in [-0.15, -0.1) is 0 Å². The molecule has 0 atom stereocenters. The van der Waals surface area contributed by atoms with Crippen LogP contribution in [-0.4, -0.2) is 27.4 Å². The van der Waals surface area contributed by atoms with Crippen molar-refractivity contribution in [3.63, 3.8) is 0 Å². The molecule has 1 aromatic rings. The van der Waals surface area contributed by atoms with Crippen LogP contribution in [0.5, 0.6) is 0 Å². The van der Waals surface area contributed by atoms with Gasteiger partial charge in [0.25, 0.3) is 0 Å². The number of rotatable bonds is 3. The number of aromatic nitrogens is 2. The second-order valence-corrected chi connectivity index (χ2v) is 3.41. The Kier molecular flexibility index (Phi) is 2.49. The van der Waals surface area contributed by atoms with E-state index in [9.17, 15) is 4.79 Å². The molecule has 1 aromatic heterocycles. The Hall–Kier alpha value is -1.36. The van der Waals surface area contributed by atoms with Gasteiger partial charge in [0.15, 0.2) is 0 Å². The van der Waals surface area contributed by atoms with E-state index in [1.54, 1.807) is 0 Å². The fourth-order valence-corrected chi connectivity index (χ4v) is 1.71. The molecule has 0 amide bonds. The topological polar surface area (TPSA) is 67.1 Å². The molecule has 0 spiro atoms. The summed E-state index contributed by atoms with van der Waals surface area (Å²) in [5, 5.41) is 16.0. The largest absolute Gasteiger partial charge is 0.481 e. The average Bonchev–Trinajstić information content (AvgIpc) is 2.58. The van der Waals surface area contributed by atoms with E-state index in [0.717, 1.165) is 19.5 Å². The maximum Gasteiger partial charge on any atom is 0.305 e. The van der Waals surface area contributed by atoms with E-state index in [-0.39, 0.29) is 6.42 Å². The average molecular weight is 195 g/mol. The standard InChI is InChI=1S/C9H13N3O2/c13-9(14)2-4-12-8-1-3-10-5-7(8)6-11-12/h6,10H,1-5H2,(H,13,14). The molecule has 0 fully saturated rings. The highest BCUT2D eigenvalue weighted by atomic mass is 16.4. The van der Waals surface area contributed by atoms with Gasteiger partial charge in [-0.3, -0.25) is 9.48 Å². The minimum Gasteiger partial charge on any atom is -0.481 e. The number of aryl methyl sites for hydroxylation is 1. The zero-order valence-electron chi connectivity index (χ0n) is 7.86. The van der Waals surface area contributed by atoms with Crippen LogP contribution in [0.2, 0.25) is 0 Å². The molecule has 1 aliphatic rings. The van der Waals surface area contributed by atoms with Gasteiger partial charge in [-0.25, -0.2) is 0 Å². The van der Waals surface area contributed by atoms with E-state index in [0.29, 0.717) is 6.54 Å². The Bertz CT molecular complexity index is 346. The minimum atomic E-state index is -0.775. The molecule has 76 valence electrons. The van der Waals surface area contributed by atoms with Gasteiger partial charge in [0.1, 0.15) is 0 Å². The predicted molar refractivity (Wildman–Crippen MR) is 49.9 cm³/mol. The highest BCUT2D eigenvalue weighted by Crippen LogP contribution is 2.13. The Balaban J connectivity index is 2.10. The third-order valence-electron chi connectivity index (χ3n) is 2.43. The number of carboxylic acid groups (broad SMARTS) is 1. The van der Waals surface area contributed by atoms with Crippen molar-refractivity contribution in [2.45, 2.75) is 25.9 Å². The van der Waals surface area contributed by atoms with Gasteiger partial charge in [-0.2, -0.15) is 5.10 Å². The van der Waals surface area contributed by atoms with Crippen molar-refractivity contribution in [2.75, 3.05) is 6.54 Å². The lowest BCUT2D eigenvalue weighted by atomic mass is 10.1. The third-order valence-corrected chi connectivity index (χ3v) is 2.43. The number of hydrogen-bond acceptors (Lipinski definition) is 3. The number of aliphatic carboxylic acids is 1. The van der Waals surface area contributed by atoms with Gasteiger partial charge >= 0.3 is 5.97 Å². The van der Waals surface area contributed by atoms with E-state index in [4.69, 9.17) is 5.11 Å². The van der Waals surface area contributed by atoms with Crippen LogP contribution in [0, 0.1) is 0 Å². The van der Waals surface area contributed by atoms with E-state index < -0.39 is 5.97 Å². The first kappa shape index (κ1) is 9.21. The predicted octanol–water partition coefficient (Wildman–Crippen LogP) is 0.00350. The second kappa shape index (κ2) is 3.79. The first-order valence-corrected chi connectivity index (χ1v) is 4.73. The lowest BCUT2D eigenvalue weighted by Crippen LogP contribution is -2.25. The van der Waals surface area contributed by atoms with Crippen LogP contribution in [0.15, 0.2) is 6.20 Å².